The quantitative estimate of drug-likeness (QED) is 0.622. The molecule has 2 aromatic carbocycles. The number of aromatic carboxylic acids is 1. The van der Waals surface area contributed by atoms with Crippen molar-refractivity contribution in [1.82, 2.24) is 0 Å². The number of carbonyl (C=O) groups is 1. The third kappa shape index (κ3) is 2.77. The molecule has 4 heteroatoms. The van der Waals surface area contributed by atoms with Gasteiger partial charge in [0.05, 0.1) is 5.97 Å². The third-order valence-electron chi connectivity index (χ3n) is 3.50. The Morgan fingerprint density at radius 3 is 2.65 bits per heavy atom. The molecule has 0 radical (unpaired) electrons. The number of benzene rings is 2. The first-order valence-corrected chi connectivity index (χ1v) is 6.32. The molecule has 1 heterocycles. The molecule has 0 atom stereocenters. The number of para-hydroxylation sites is 1. The standard InChI is InChI=1S/C16H14O3.Rb/c1-2-10-7-8-14-12(15(10)16(17)18)9-11-5-3-4-6-13(11)19-14;/h3-8H,2,9H2,1H3,(H,17,18);/q;+1/p-1. The number of carbonyl (C=O) groups excluding carboxylic acids is 1. The Kier molecular flexibility index (Phi) is 5.18. The Bertz CT molecular complexity index is 665. The maximum absolute atomic E-state index is 11.4. The molecule has 0 aromatic heterocycles. The van der Waals surface area contributed by atoms with Gasteiger partial charge in [-0.05, 0) is 29.7 Å². The van der Waals surface area contributed by atoms with E-state index in [9.17, 15) is 9.90 Å². The van der Waals surface area contributed by atoms with Gasteiger partial charge >= 0.3 is 58.2 Å². The van der Waals surface area contributed by atoms with Crippen LogP contribution in [0.25, 0.3) is 0 Å². The Morgan fingerprint density at radius 1 is 1.20 bits per heavy atom. The van der Waals surface area contributed by atoms with Gasteiger partial charge < -0.3 is 14.6 Å². The Hall–Kier alpha value is -0.485. The minimum absolute atomic E-state index is 0. The van der Waals surface area contributed by atoms with Gasteiger partial charge in [0.2, 0.25) is 0 Å². The van der Waals surface area contributed by atoms with E-state index in [-0.39, 0.29) is 63.8 Å². The predicted octanol–water partition coefficient (Wildman–Crippen LogP) is -0.687. The molecule has 0 amide bonds. The van der Waals surface area contributed by atoms with Crippen LogP contribution in [-0.2, 0) is 12.8 Å². The van der Waals surface area contributed by atoms with Crippen LogP contribution in [0, 0.1) is 0 Å². The summed E-state index contributed by atoms with van der Waals surface area (Å²) < 4.78 is 5.78. The summed E-state index contributed by atoms with van der Waals surface area (Å²) in [6.07, 6.45) is 1.24. The van der Waals surface area contributed by atoms with Crippen LogP contribution in [0.3, 0.4) is 0 Å². The third-order valence-corrected chi connectivity index (χ3v) is 3.50. The van der Waals surface area contributed by atoms with E-state index >= 15 is 0 Å². The molecule has 0 saturated heterocycles. The number of rotatable bonds is 2. The van der Waals surface area contributed by atoms with Crippen molar-refractivity contribution in [3.63, 3.8) is 0 Å². The first kappa shape index (κ1) is 15.9. The molecule has 96 valence electrons. The van der Waals surface area contributed by atoms with Crippen molar-refractivity contribution >= 4 is 5.97 Å². The molecule has 20 heavy (non-hydrogen) atoms. The SMILES string of the molecule is CCc1ccc2c(c1C(=O)[O-])Cc1ccccc1O2.[Rb+]. The number of ether oxygens (including phenoxy) is 1. The van der Waals surface area contributed by atoms with Crippen molar-refractivity contribution in [1.29, 1.82) is 0 Å². The molecule has 1 aliphatic rings. The summed E-state index contributed by atoms with van der Waals surface area (Å²) in [5, 5.41) is 11.4. The van der Waals surface area contributed by atoms with Gasteiger partial charge in [-0.25, -0.2) is 0 Å². The molecule has 0 unspecified atom stereocenters. The average Bonchev–Trinajstić information content (AvgIpc) is 2.43. The van der Waals surface area contributed by atoms with E-state index in [1.165, 1.54) is 0 Å². The zero-order valence-corrected chi connectivity index (χ0v) is 16.5. The van der Waals surface area contributed by atoms with Crippen molar-refractivity contribution in [2.45, 2.75) is 19.8 Å². The average molecular weight is 339 g/mol. The van der Waals surface area contributed by atoms with Crippen LogP contribution >= 0.6 is 0 Å². The van der Waals surface area contributed by atoms with Crippen LogP contribution in [0.15, 0.2) is 36.4 Å². The van der Waals surface area contributed by atoms with E-state index in [4.69, 9.17) is 4.74 Å². The summed E-state index contributed by atoms with van der Waals surface area (Å²) in [6, 6.07) is 11.3. The number of carboxylic acid groups (broad SMARTS) is 1. The van der Waals surface area contributed by atoms with Crippen LogP contribution < -0.4 is 68.0 Å². The largest absolute Gasteiger partial charge is 1.00 e. The molecule has 3 rings (SSSR count). The first-order chi connectivity index (χ1) is 9.20. The molecule has 0 fully saturated rings. The smallest absolute Gasteiger partial charge is 0.545 e. The second kappa shape index (κ2) is 6.52. The number of aryl methyl sites for hydroxylation is 1. The normalized spacial score (nSPS) is 11.7. The maximum atomic E-state index is 11.4. The van der Waals surface area contributed by atoms with Gasteiger partial charge in [0.1, 0.15) is 11.5 Å². The number of fused-ring (bicyclic) bond motifs is 2. The van der Waals surface area contributed by atoms with E-state index in [1.54, 1.807) is 6.07 Å². The second-order valence-electron chi connectivity index (χ2n) is 4.60. The van der Waals surface area contributed by atoms with E-state index in [0.29, 0.717) is 18.6 Å². The molecular weight excluding hydrogens is 326 g/mol. The molecule has 0 aliphatic carbocycles. The van der Waals surface area contributed by atoms with Crippen LogP contribution in [-0.4, -0.2) is 5.97 Å². The van der Waals surface area contributed by atoms with Gasteiger partial charge in [-0.2, -0.15) is 0 Å². The molecular formula is C16H13O3Rb. The fourth-order valence-corrected chi connectivity index (χ4v) is 2.56. The number of hydrogen-bond acceptors (Lipinski definition) is 3. The number of carboxylic acids is 1. The first-order valence-electron chi connectivity index (χ1n) is 6.32. The van der Waals surface area contributed by atoms with Gasteiger partial charge in [0, 0.05) is 17.5 Å². The molecule has 0 N–H and O–H groups in total. The summed E-state index contributed by atoms with van der Waals surface area (Å²) in [4.78, 5) is 11.4. The minimum Gasteiger partial charge on any atom is -0.545 e. The zero-order valence-electron chi connectivity index (χ0n) is 11.6. The van der Waals surface area contributed by atoms with Crippen molar-refractivity contribution in [2.24, 2.45) is 0 Å². The van der Waals surface area contributed by atoms with Crippen LogP contribution in [0.5, 0.6) is 11.5 Å². The van der Waals surface area contributed by atoms with Crippen molar-refractivity contribution in [3.8, 4) is 11.5 Å². The fourth-order valence-electron chi connectivity index (χ4n) is 2.56. The summed E-state index contributed by atoms with van der Waals surface area (Å²) in [7, 11) is 0. The fraction of sp³-hybridized carbons (Fsp3) is 0.188. The second-order valence-corrected chi connectivity index (χ2v) is 4.60. The summed E-state index contributed by atoms with van der Waals surface area (Å²) in [6.45, 7) is 1.94. The molecule has 3 nitrogen and oxygen atoms in total. The maximum Gasteiger partial charge on any atom is 1.00 e. The predicted molar refractivity (Wildman–Crippen MR) is 69.5 cm³/mol. The summed E-state index contributed by atoms with van der Waals surface area (Å²) in [5.41, 5.74) is 2.81. The van der Waals surface area contributed by atoms with E-state index < -0.39 is 5.97 Å². The molecule has 0 spiro atoms. The van der Waals surface area contributed by atoms with E-state index in [2.05, 4.69) is 0 Å². The van der Waals surface area contributed by atoms with Crippen molar-refractivity contribution in [3.05, 3.63) is 58.7 Å². The van der Waals surface area contributed by atoms with Crippen LogP contribution in [0.1, 0.15) is 34.0 Å². The van der Waals surface area contributed by atoms with Crippen LogP contribution in [0.2, 0.25) is 0 Å². The van der Waals surface area contributed by atoms with Crippen LogP contribution in [0.4, 0.5) is 0 Å². The van der Waals surface area contributed by atoms with Gasteiger partial charge in [0.15, 0.2) is 0 Å². The van der Waals surface area contributed by atoms with Crippen molar-refractivity contribution < 1.29 is 72.8 Å². The topological polar surface area (TPSA) is 49.4 Å². The Balaban J connectivity index is 0.00000147. The Labute approximate surface area is 166 Å². The Morgan fingerprint density at radius 2 is 1.95 bits per heavy atom. The summed E-state index contributed by atoms with van der Waals surface area (Å²) in [5.74, 6) is 0.287. The van der Waals surface area contributed by atoms with Gasteiger partial charge in [-0.1, -0.05) is 31.2 Å². The zero-order chi connectivity index (χ0) is 13.4. The van der Waals surface area contributed by atoms with Gasteiger partial charge in [0.25, 0.3) is 0 Å². The monoisotopic (exact) mass is 338 g/mol. The molecule has 1 aliphatic heterocycles. The van der Waals surface area contributed by atoms with Gasteiger partial charge in [-0.15, -0.1) is 0 Å². The summed E-state index contributed by atoms with van der Waals surface area (Å²) >= 11 is 0. The molecule has 0 bridgehead atoms. The van der Waals surface area contributed by atoms with Crippen molar-refractivity contribution in [2.75, 3.05) is 0 Å². The van der Waals surface area contributed by atoms with E-state index in [0.717, 1.165) is 22.4 Å². The van der Waals surface area contributed by atoms with E-state index in [1.807, 2.05) is 37.3 Å². The number of hydrogen-bond donors (Lipinski definition) is 0. The molecule has 2 aromatic rings. The molecule has 0 saturated carbocycles. The van der Waals surface area contributed by atoms with Gasteiger partial charge in [-0.3, -0.25) is 0 Å². The minimum atomic E-state index is -1.13.